The number of nitrogens with one attached hydrogen (secondary N) is 1. The molecule has 0 bridgehead atoms. The Balaban J connectivity index is 1.34. The number of morpholine rings is 1. The number of nitrogens with zero attached hydrogens (tertiary/aromatic N) is 1. The number of aliphatic hydroxyl groups is 1. The van der Waals surface area contributed by atoms with Crippen LogP contribution in [0.4, 0.5) is 10.1 Å². The molecule has 1 amide bonds. The van der Waals surface area contributed by atoms with Gasteiger partial charge in [-0.05, 0) is 48.9 Å². The Labute approximate surface area is 202 Å². The van der Waals surface area contributed by atoms with Crippen molar-refractivity contribution in [2.24, 2.45) is 0 Å². The number of sulfonamides is 1. The molecule has 0 saturated carbocycles. The first kappa shape index (κ1) is 24.0. The lowest BCUT2D eigenvalue weighted by Crippen LogP contribution is -2.48. The summed E-state index contributed by atoms with van der Waals surface area (Å²) < 4.78 is 58.6. The molecule has 2 N–H and O–H groups in total. The standard InChI is InChI=1S/C24H27FN2O7S/c25-15-1-4-18(5-2-15)35(30,31)26-16-3-6-21-19(11-16)20-12-17(33-22(14-28)24(20)34-21)13-23(29)27-7-9-32-10-8-27/h1-6,11,17,20,22,24,26,28H,7-10,12-14H2/t17-,20-,22-,24+/m1/s1. The number of carbonyl (C=O) groups excluding carboxylic acids is 1. The molecule has 9 nitrogen and oxygen atoms in total. The molecule has 3 aliphatic heterocycles. The SMILES string of the molecule is O=C(C[C@H]1C[C@@H]2c3cc(NS(=O)(=O)c4ccc(F)cc4)ccc3O[C@@H]2[C@@H](CO)O1)N1CCOCC1. The van der Waals surface area contributed by atoms with E-state index in [-0.39, 0.29) is 29.7 Å². The van der Waals surface area contributed by atoms with Crippen LogP contribution in [0, 0.1) is 5.82 Å². The summed E-state index contributed by atoms with van der Waals surface area (Å²) >= 11 is 0. The number of hydrogen-bond donors (Lipinski definition) is 2. The number of carbonyl (C=O) groups is 1. The van der Waals surface area contributed by atoms with Crippen molar-refractivity contribution in [3.63, 3.8) is 0 Å². The first-order valence-electron chi connectivity index (χ1n) is 11.5. The fourth-order valence-electron chi connectivity index (χ4n) is 4.92. The van der Waals surface area contributed by atoms with Gasteiger partial charge >= 0.3 is 0 Å². The van der Waals surface area contributed by atoms with Crippen molar-refractivity contribution >= 4 is 21.6 Å². The maximum absolute atomic E-state index is 13.2. The molecule has 4 atom stereocenters. The normalized spacial score (nSPS) is 25.9. The van der Waals surface area contributed by atoms with E-state index in [9.17, 15) is 22.7 Å². The largest absolute Gasteiger partial charge is 0.487 e. The second-order valence-electron chi connectivity index (χ2n) is 8.91. The Hall–Kier alpha value is -2.73. The van der Waals surface area contributed by atoms with Gasteiger partial charge in [0.25, 0.3) is 10.0 Å². The number of amides is 1. The number of hydrogen-bond acceptors (Lipinski definition) is 7. The second-order valence-corrected chi connectivity index (χ2v) is 10.6. The summed E-state index contributed by atoms with van der Waals surface area (Å²) in [5.74, 6) is -0.127. The Morgan fingerprint density at radius 2 is 1.89 bits per heavy atom. The maximum Gasteiger partial charge on any atom is 0.261 e. The summed E-state index contributed by atoms with van der Waals surface area (Å²) in [4.78, 5) is 14.5. The number of rotatable bonds is 6. The summed E-state index contributed by atoms with van der Waals surface area (Å²) in [6.07, 6.45) is -0.765. The highest BCUT2D eigenvalue weighted by Crippen LogP contribution is 2.47. The molecule has 0 radical (unpaired) electrons. The third-order valence-electron chi connectivity index (χ3n) is 6.64. The zero-order valence-electron chi connectivity index (χ0n) is 18.9. The third kappa shape index (κ3) is 4.99. The molecule has 11 heteroatoms. The molecule has 0 unspecified atom stereocenters. The van der Waals surface area contributed by atoms with Crippen LogP contribution in [0.1, 0.15) is 24.3 Å². The van der Waals surface area contributed by atoms with Gasteiger partial charge in [0.15, 0.2) is 0 Å². The van der Waals surface area contributed by atoms with Crippen molar-refractivity contribution in [1.82, 2.24) is 4.90 Å². The Bertz CT molecular complexity index is 1180. The van der Waals surface area contributed by atoms with E-state index in [1.165, 1.54) is 12.1 Å². The number of halogens is 1. The van der Waals surface area contributed by atoms with E-state index in [0.717, 1.165) is 17.7 Å². The zero-order valence-corrected chi connectivity index (χ0v) is 19.7. The van der Waals surface area contributed by atoms with E-state index >= 15 is 0 Å². The Morgan fingerprint density at radius 1 is 1.14 bits per heavy atom. The fraction of sp³-hybridized carbons (Fsp3) is 0.458. The number of aliphatic hydroxyl groups excluding tert-OH is 1. The van der Waals surface area contributed by atoms with Gasteiger partial charge in [0.05, 0.1) is 37.2 Å². The van der Waals surface area contributed by atoms with Gasteiger partial charge in [0.1, 0.15) is 23.8 Å². The molecule has 2 fully saturated rings. The van der Waals surface area contributed by atoms with Gasteiger partial charge in [-0.15, -0.1) is 0 Å². The molecule has 3 heterocycles. The maximum atomic E-state index is 13.2. The van der Waals surface area contributed by atoms with E-state index in [4.69, 9.17) is 14.2 Å². The molecule has 0 spiro atoms. The molecule has 0 aliphatic carbocycles. The average Bonchev–Trinajstić information content (AvgIpc) is 3.22. The van der Waals surface area contributed by atoms with Gasteiger partial charge in [-0.3, -0.25) is 9.52 Å². The van der Waals surface area contributed by atoms with Crippen molar-refractivity contribution in [2.75, 3.05) is 37.6 Å². The highest BCUT2D eigenvalue weighted by atomic mass is 32.2. The van der Waals surface area contributed by atoms with Crippen molar-refractivity contribution in [3.8, 4) is 5.75 Å². The predicted octanol–water partition coefficient (Wildman–Crippen LogP) is 1.87. The van der Waals surface area contributed by atoms with Gasteiger partial charge in [-0.1, -0.05) is 0 Å². The quantitative estimate of drug-likeness (QED) is 0.615. The number of ether oxygens (including phenoxy) is 3. The molecule has 2 aromatic carbocycles. The van der Waals surface area contributed by atoms with Crippen LogP contribution < -0.4 is 9.46 Å². The first-order valence-corrected chi connectivity index (χ1v) is 13.0. The van der Waals surface area contributed by atoms with E-state index in [2.05, 4.69) is 4.72 Å². The zero-order chi connectivity index (χ0) is 24.6. The number of anilines is 1. The molecule has 3 aliphatic rings. The molecule has 2 saturated heterocycles. The van der Waals surface area contributed by atoms with E-state index in [1.54, 1.807) is 23.1 Å². The van der Waals surface area contributed by atoms with Crippen LogP contribution in [-0.2, 0) is 24.3 Å². The van der Waals surface area contributed by atoms with Gasteiger partial charge < -0.3 is 24.2 Å². The van der Waals surface area contributed by atoms with E-state index < -0.39 is 34.2 Å². The van der Waals surface area contributed by atoms with Crippen LogP contribution in [0.3, 0.4) is 0 Å². The van der Waals surface area contributed by atoms with Crippen LogP contribution >= 0.6 is 0 Å². The topological polar surface area (TPSA) is 114 Å². The highest BCUT2D eigenvalue weighted by Gasteiger charge is 2.46. The minimum absolute atomic E-state index is 0.0200. The van der Waals surface area contributed by atoms with Crippen molar-refractivity contribution < 1.29 is 36.9 Å². The average molecular weight is 507 g/mol. The molecule has 35 heavy (non-hydrogen) atoms. The summed E-state index contributed by atoms with van der Waals surface area (Å²) in [5, 5.41) is 9.94. The minimum Gasteiger partial charge on any atom is -0.487 e. The molecule has 2 aromatic rings. The van der Waals surface area contributed by atoms with Crippen LogP contribution in [0.5, 0.6) is 5.75 Å². The lowest BCUT2D eigenvalue weighted by atomic mass is 9.84. The monoisotopic (exact) mass is 506 g/mol. The fourth-order valence-corrected chi connectivity index (χ4v) is 5.97. The van der Waals surface area contributed by atoms with Gasteiger partial charge in [0.2, 0.25) is 5.91 Å². The Kier molecular flexibility index (Phi) is 6.67. The van der Waals surface area contributed by atoms with Crippen LogP contribution in [-0.4, -0.2) is 75.6 Å². The van der Waals surface area contributed by atoms with Gasteiger partial charge in [-0.25, -0.2) is 12.8 Å². The second kappa shape index (κ2) is 9.73. The molecule has 188 valence electrons. The van der Waals surface area contributed by atoms with Crippen molar-refractivity contribution in [1.29, 1.82) is 0 Å². The smallest absolute Gasteiger partial charge is 0.261 e. The summed E-state index contributed by atoms with van der Waals surface area (Å²) in [6.45, 7) is 1.86. The molecule has 5 rings (SSSR count). The summed E-state index contributed by atoms with van der Waals surface area (Å²) in [5.41, 5.74) is 1.13. The summed E-state index contributed by atoms with van der Waals surface area (Å²) in [7, 11) is -3.91. The van der Waals surface area contributed by atoms with Gasteiger partial charge in [-0.2, -0.15) is 0 Å². The van der Waals surface area contributed by atoms with Crippen molar-refractivity contribution in [3.05, 3.63) is 53.8 Å². The third-order valence-corrected chi connectivity index (χ3v) is 8.04. The lowest BCUT2D eigenvalue weighted by Gasteiger charge is -2.38. The molecular weight excluding hydrogens is 479 g/mol. The number of benzene rings is 2. The molecule has 0 aromatic heterocycles. The first-order chi connectivity index (χ1) is 16.8. The van der Waals surface area contributed by atoms with Crippen LogP contribution in [0.15, 0.2) is 47.4 Å². The van der Waals surface area contributed by atoms with Crippen molar-refractivity contribution in [2.45, 2.75) is 42.0 Å². The lowest BCUT2D eigenvalue weighted by molar-refractivity contribution is -0.151. The van der Waals surface area contributed by atoms with E-state index in [1.807, 2.05) is 0 Å². The van der Waals surface area contributed by atoms with Gasteiger partial charge in [0, 0.05) is 30.3 Å². The van der Waals surface area contributed by atoms with Crippen LogP contribution in [0.25, 0.3) is 0 Å². The molecular formula is C24H27FN2O7S. The number of fused-ring (bicyclic) bond motifs is 3. The summed E-state index contributed by atoms with van der Waals surface area (Å²) in [6, 6.07) is 9.55. The van der Waals surface area contributed by atoms with Crippen LogP contribution in [0.2, 0.25) is 0 Å². The Morgan fingerprint density at radius 3 is 2.60 bits per heavy atom. The highest BCUT2D eigenvalue weighted by molar-refractivity contribution is 7.92. The van der Waals surface area contributed by atoms with E-state index in [0.29, 0.717) is 44.2 Å². The minimum atomic E-state index is -3.91. The predicted molar refractivity (Wildman–Crippen MR) is 123 cm³/mol.